The SMILES string of the molecule is Cn1c(NC2CCC(=O)NC2)nc2ccccc21. The zero-order chi connectivity index (χ0) is 12.5. The molecule has 0 bridgehead atoms. The minimum atomic E-state index is 0.137. The van der Waals surface area contributed by atoms with Gasteiger partial charge >= 0.3 is 0 Å². The lowest BCUT2D eigenvalue weighted by molar-refractivity contribution is -0.122. The van der Waals surface area contributed by atoms with Crippen molar-refractivity contribution in [1.82, 2.24) is 14.9 Å². The minimum Gasteiger partial charge on any atom is -0.354 e. The number of anilines is 1. The maximum absolute atomic E-state index is 11.1. The summed E-state index contributed by atoms with van der Waals surface area (Å²) in [7, 11) is 2.00. The first-order valence-electron chi connectivity index (χ1n) is 6.19. The predicted octanol–water partition coefficient (Wildman–Crippen LogP) is 1.26. The highest BCUT2D eigenvalue weighted by atomic mass is 16.1. The first-order valence-corrected chi connectivity index (χ1v) is 6.19. The molecule has 2 heterocycles. The number of fused-ring (bicyclic) bond motifs is 1. The van der Waals surface area contributed by atoms with Crippen molar-refractivity contribution >= 4 is 22.9 Å². The van der Waals surface area contributed by atoms with Crippen LogP contribution in [0.25, 0.3) is 11.0 Å². The molecule has 0 radical (unpaired) electrons. The van der Waals surface area contributed by atoms with Crippen LogP contribution in [0, 0.1) is 0 Å². The van der Waals surface area contributed by atoms with E-state index in [0.29, 0.717) is 13.0 Å². The number of nitrogens with one attached hydrogen (secondary N) is 2. The van der Waals surface area contributed by atoms with Gasteiger partial charge in [-0.2, -0.15) is 0 Å². The van der Waals surface area contributed by atoms with E-state index in [1.54, 1.807) is 0 Å². The van der Waals surface area contributed by atoms with Gasteiger partial charge < -0.3 is 15.2 Å². The number of nitrogens with zero attached hydrogens (tertiary/aromatic N) is 2. The Morgan fingerprint density at radius 2 is 2.28 bits per heavy atom. The first-order chi connectivity index (χ1) is 8.74. The quantitative estimate of drug-likeness (QED) is 0.836. The third-order valence-electron chi connectivity index (χ3n) is 3.39. The van der Waals surface area contributed by atoms with Crippen molar-refractivity contribution in [3.05, 3.63) is 24.3 Å². The second-order valence-electron chi connectivity index (χ2n) is 4.67. The van der Waals surface area contributed by atoms with Crippen LogP contribution in [-0.4, -0.2) is 28.0 Å². The zero-order valence-electron chi connectivity index (χ0n) is 10.3. The Bertz CT molecular complexity index is 580. The number of piperidine rings is 1. The fourth-order valence-corrected chi connectivity index (χ4v) is 2.31. The molecule has 1 aliphatic rings. The number of carbonyl (C=O) groups is 1. The maximum Gasteiger partial charge on any atom is 0.220 e. The summed E-state index contributed by atoms with van der Waals surface area (Å²) >= 11 is 0. The molecule has 0 aliphatic carbocycles. The van der Waals surface area contributed by atoms with Gasteiger partial charge in [-0.3, -0.25) is 4.79 Å². The Morgan fingerprint density at radius 1 is 1.44 bits per heavy atom. The normalized spacial score (nSPS) is 19.8. The van der Waals surface area contributed by atoms with Gasteiger partial charge in [0.1, 0.15) is 0 Å². The molecule has 5 nitrogen and oxygen atoms in total. The molecule has 1 amide bonds. The van der Waals surface area contributed by atoms with Gasteiger partial charge in [-0.25, -0.2) is 4.98 Å². The minimum absolute atomic E-state index is 0.137. The van der Waals surface area contributed by atoms with Gasteiger partial charge in [0.2, 0.25) is 11.9 Å². The van der Waals surface area contributed by atoms with Crippen molar-refractivity contribution < 1.29 is 4.79 Å². The van der Waals surface area contributed by atoms with E-state index in [1.807, 2.05) is 29.8 Å². The van der Waals surface area contributed by atoms with E-state index in [0.717, 1.165) is 23.4 Å². The third kappa shape index (κ3) is 1.92. The first kappa shape index (κ1) is 11.1. The average molecular weight is 244 g/mol. The number of carbonyl (C=O) groups excluding carboxylic acids is 1. The molecule has 2 aromatic rings. The summed E-state index contributed by atoms with van der Waals surface area (Å²) in [6.07, 6.45) is 1.44. The lowest BCUT2D eigenvalue weighted by atomic mass is 10.1. The van der Waals surface area contributed by atoms with E-state index in [1.165, 1.54) is 0 Å². The number of imidazole rings is 1. The number of hydrogen-bond acceptors (Lipinski definition) is 3. The largest absolute Gasteiger partial charge is 0.354 e. The summed E-state index contributed by atoms with van der Waals surface area (Å²) in [4.78, 5) is 15.7. The van der Waals surface area contributed by atoms with Crippen molar-refractivity contribution in [3.8, 4) is 0 Å². The lowest BCUT2D eigenvalue weighted by Crippen LogP contribution is -2.42. The number of para-hydroxylation sites is 2. The van der Waals surface area contributed by atoms with E-state index in [4.69, 9.17) is 0 Å². The van der Waals surface area contributed by atoms with Gasteiger partial charge in [-0.1, -0.05) is 12.1 Å². The molecule has 1 unspecified atom stereocenters. The van der Waals surface area contributed by atoms with E-state index < -0.39 is 0 Å². The predicted molar refractivity (Wildman–Crippen MR) is 70.4 cm³/mol. The molecule has 1 atom stereocenters. The number of benzene rings is 1. The summed E-state index contributed by atoms with van der Waals surface area (Å²) < 4.78 is 2.05. The van der Waals surface area contributed by atoms with Gasteiger partial charge in [0, 0.05) is 26.1 Å². The van der Waals surface area contributed by atoms with E-state index in [2.05, 4.69) is 21.7 Å². The zero-order valence-corrected chi connectivity index (χ0v) is 10.3. The molecule has 3 rings (SSSR count). The Morgan fingerprint density at radius 3 is 3.00 bits per heavy atom. The standard InChI is InChI=1S/C13H16N4O/c1-17-11-5-3-2-4-10(11)16-13(17)15-9-6-7-12(18)14-8-9/h2-5,9H,6-8H2,1H3,(H,14,18)(H,15,16). The van der Waals surface area contributed by atoms with Crippen LogP contribution in [0.4, 0.5) is 5.95 Å². The second-order valence-corrected chi connectivity index (χ2v) is 4.67. The van der Waals surface area contributed by atoms with Crippen LogP contribution < -0.4 is 10.6 Å². The molecule has 1 fully saturated rings. The third-order valence-corrected chi connectivity index (χ3v) is 3.39. The Balaban J connectivity index is 1.82. The van der Waals surface area contributed by atoms with Gasteiger partial charge in [0.15, 0.2) is 0 Å². The topological polar surface area (TPSA) is 59.0 Å². The molecule has 0 spiro atoms. The van der Waals surface area contributed by atoms with Crippen molar-refractivity contribution in [2.45, 2.75) is 18.9 Å². The fourth-order valence-electron chi connectivity index (χ4n) is 2.31. The smallest absolute Gasteiger partial charge is 0.220 e. The van der Waals surface area contributed by atoms with Crippen LogP contribution >= 0.6 is 0 Å². The van der Waals surface area contributed by atoms with Crippen molar-refractivity contribution in [2.24, 2.45) is 7.05 Å². The van der Waals surface area contributed by atoms with E-state index >= 15 is 0 Å². The monoisotopic (exact) mass is 244 g/mol. The molecule has 0 saturated carbocycles. The number of rotatable bonds is 2. The molecule has 94 valence electrons. The molecule has 1 aliphatic heterocycles. The van der Waals surface area contributed by atoms with Gasteiger partial charge in [0.05, 0.1) is 11.0 Å². The van der Waals surface area contributed by atoms with Crippen LogP contribution in [0.2, 0.25) is 0 Å². The molecule has 5 heteroatoms. The van der Waals surface area contributed by atoms with Crippen LogP contribution in [0.1, 0.15) is 12.8 Å². The highest BCUT2D eigenvalue weighted by molar-refractivity contribution is 5.79. The molecule has 1 saturated heterocycles. The fraction of sp³-hybridized carbons (Fsp3) is 0.385. The van der Waals surface area contributed by atoms with Crippen LogP contribution in [0.3, 0.4) is 0 Å². The number of aryl methyl sites for hydroxylation is 1. The summed E-state index contributed by atoms with van der Waals surface area (Å²) in [5.41, 5.74) is 2.10. The molecular formula is C13H16N4O. The summed E-state index contributed by atoms with van der Waals surface area (Å²) in [5, 5.41) is 6.26. The van der Waals surface area contributed by atoms with Crippen LogP contribution in [-0.2, 0) is 11.8 Å². The molecule has 2 N–H and O–H groups in total. The number of amides is 1. The summed E-state index contributed by atoms with van der Waals surface area (Å²) in [6.45, 7) is 0.669. The summed E-state index contributed by atoms with van der Waals surface area (Å²) in [5.74, 6) is 0.996. The Hall–Kier alpha value is -2.04. The van der Waals surface area contributed by atoms with Crippen LogP contribution in [0.15, 0.2) is 24.3 Å². The van der Waals surface area contributed by atoms with Crippen molar-refractivity contribution in [3.63, 3.8) is 0 Å². The van der Waals surface area contributed by atoms with Gasteiger partial charge in [-0.15, -0.1) is 0 Å². The highest BCUT2D eigenvalue weighted by Crippen LogP contribution is 2.19. The highest BCUT2D eigenvalue weighted by Gasteiger charge is 2.19. The van der Waals surface area contributed by atoms with Crippen LogP contribution in [0.5, 0.6) is 0 Å². The van der Waals surface area contributed by atoms with Gasteiger partial charge in [-0.05, 0) is 18.6 Å². The molecule has 18 heavy (non-hydrogen) atoms. The van der Waals surface area contributed by atoms with Crippen molar-refractivity contribution in [1.29, 1.82) is 0 Å². The van der Waals surface area contributed by atoms with Gasteiger partial charge in [0.25, 0.3) is 0 Å². The van der Waals surface area contributed by atoms with E-state index in [9.17, 15) is 4.79 Å². The number of hydrogen-bond donors (Lipinski definition) is 2. The second kappa shape index (κ2) is 4.33. The Labute approximate surface area is 105 Å². The van der Waals surface area contributed by atoms with E-state index in [-0.39, 0.29) is 11.9 Å². The maximum atomic E-state index is 11.1. The summed E-state index contributed by atoms with van der Waals surface area (Å²) in [6, 6.07) is 8.31. The Kier molecular flexibility index (Phi) is 2.66. The molecule has 1 aromatic heterocycles. The average Bonchev–Trinajstić information content (AvgIpc) is 2.70. The molecule has 1 aromatic carbocycles. The lowest BCUT2D eigenvalue weighted by Gasteiger charge is -2.23. The number of aromatic nitrogens is 2. The van der Waals surface area contributed by atoms with Crippen molar-refractivity contribution in [2.75, 3.05) is 11.9 Å². The molecular weight excluding hydrogens is 228 g/mol.